The maximum Gasteiger partial charge on any atom is 0.406 e. The number of fused-ring (bicyclic) bond motifs is 1. The molecular weight excluding hydrogens is 355 g/mol. The molecule has 0 bridgehead atoms. The van der Waals surface area contributed by atoms with Crippen molar-refractivity contribution >= 4 is 22.9 Å². The molecule has 0 aliphatic rings. The zero-order valence-electron chi connectivity index (χ0n) is 14.1. The van der Waals surface area contributed by atoms with Crippen molar-refractivity contribution in [3.8, 4) is 0 Å². The van der Waals surface area contributed by atoms with Gasteiger partial charge in [-0.15, -0.1) is 0 Å². The predicted molar refractivity (Wildman–Crippen MR) is 87.0 cm³/mol. The molecule has 7 nitrogen and oxygen atoms in total. The minimum Gasteiger partial charge on any atom is -0.480 e. The minimum atomic E-state index is -4.57. The summed E-state index contributed by atoms with van der Waals surface area (Å²) in [5.41, 5.74) is -0.852. The first-order valence-electron chi connectivity index (χ1n) is 7.81. The first kappa shape index (κ1) is 19.5. The van der Waals surface area contributed by atoms with Crippen LogP contribution in [0.5, 0.6) is 0 Å². The number of rotatable bonds is 6. The lowest BCUT2D eigenvalue weighted by Crippen LogP contribution is -2.41. The minimum absolute atomic E-state index is 0.000778. The van der Waals surface area contributed by atoms with E-state index in [0.29, 0.717) is 4.57 Å². The summed E-state index contributed by atoms with van der Waals surface area (Å²) in [5.74, 6) is -1.84. The lowest BCUT2D eigenvalue weighted by atomic mass is 10.0. The number of aromatic nitrogens is 2. The Morgan fingerprint density at radius 3 is 2.50 bits per heavy atom. The Balaban J connectivity index is 2.30. The molecule has 2 aromatic rings. The van der Waals surface area contributed by atoms with Crippen molar-refractivity contribution in [2.45, 2.75) is 39.0 Å². The third-order valence-corrected chi connectivity index (χ3v) is 3.68. The third-order valence-electron chi connectivity index (χ3n) is 3.68. The SMILES string of the molecule is CC(C)C[C@H](NC(=O)c1ccc2c(c1)[nH]c(=O)n2CC(F)(F)F)C(=O)O. The quantitative estimate of drug-likeness (QED) is 0.721. The van der Waals surface area contributed by atoms with E-state index in [1.54, 1.807) is 0 Å². The Morgan fingerprint density at radius 1 is 1.31 bits per heavy atom. The summed E-state index contributed by atoms with van der Waals surface area (Å²) in [6.07, 6.45) is -4.34. The van der Waals surface area contributed by atoms with E-state index in [1.165, 1.54) is 18.2 Å². The largest absolute Gasteiger partial charge is 0.480 e. The maximum absolute atomic E-state index is 12.6. The number of carboxylic acid groups (broad SMARTS) is 1. The van der Waals surface area contributed by atoms with E-state index in [1.807, 2.05) is 13.8 Å². The van der Waals surface area contributed by atoms with Gasteiger partial charge in [0.1, 0.15) is 12.6 Å². The zero-order chi connectivity index (χ0) is 19.6. The predicted octanol–water partition coefficient (Wildman–Crippen LogP) is 2.12. The number of amides is 1. The third kappa shape index (κ3) is 4.64. The first-order chi connectivity index (χ1) is 12.0. The fourth-order valence-electron chi connectivity index (χ4n) is 2.58. The number of alkyl halides is 3. The van der Waals surface area contributed by atoms with Crippen molar-refractivity contribution in [3.63, 3.8) is 0 Å². The van der Waals surface area contributed by atoms with Crippen LogP contribution >= 0.6 is 0 Å². The number of carbonyl (C=O) groups is 2. The standard InChI is InChI=1S/C16H18F3N3O4/c1-8(2)5-11(14(24)25)20-13(23)9-3-4-12-10(6-9)21-15(26)22(12)7-16(17,18)19/h3-4,6,8,11H,5,7H2,1-2H3,(H,20,23)(H,21,26)(H,24,25)/t11-/m0/s1. The van der Waals surface area contributed by atoms with Crippen LogP contribution < -0.4 is 11.0 Å². The number of H-pyrrole nitrogens is 1. The molecule has 10 heteroatoms. The van der Waals surface area contributed by atoms with E-state index in [4.69, 9.17) is 5.11 Å². The van der Waals surface area contributed by atoms with Crippen molar-refractivity contribution in [2.24, 2.45) is 5.92 Å². The van der Waals surface area contributed by atoms with Crippen LogP contribution in [-0.4, -0.2) is 38.8 Å². The molecule has 0 radical (unpaired) electrons. The van der Waals surface area contributed by atoms with E-state index >= 15 is 0 Å². The van der Waals surface area contributed by atoms with Crippen LogP contribution in [0.3, 0.4) is 0 Å². The lowest BCUT2D eigenvalue weighted by molar-refractivity contribution is -0.141. The molecule has 0 saturated carbocycles. The number of aliphatic carboxylic acids is 1. The number of imidazole rings is 1. The van der Waals surface area contributed by atoms with E-state index in [-0.39, 0.29) is 28.9 Å². The number of benzene rings is 1. The number of nitrogens with one attached hydrogen (secondary N) is 2. The number of hydrogen-bond donors (Lipinski definition) is 3. The average molecular weight is 373 g/mol. The van der Waals surface area contributed by atoms with Crippen LogP contribution in [0, 0.1) is 5.92 Å². The fourth-order valence-corrected chi connectivity index (χ4v) is 2.58. The van der Waals surface area contributed by atoms with Gasteiger partial charge >= 0.3 is 17.8 Å². The Kier molecular flexibility index (Phi) is 5.43. The Hall–Kier alpha value is -2.78. The Labute approximate surface area is 145 Å². The molecule has 1 aromatic heterocycles. The van der Waals surface area contributed by atoms with Crippen LogP contribution in [0.4, 0.5) is 13.2 Å². The molecule has 0 aliphatic carbocycles. The molecule has 0 unspecified atom stereocenters. The highest BCUT2D eigenvalue weighted by atomic mass is 19.4. The molecule has 0 aliphatic heterocycles. The number of carboxylic acids is 1. The van der Waals surface area contributed by atoms with Crippen LogP contribution in [0.25, 0.3) is 11.0 Å². The molecule has 1 heterocycles. The number of hydrogen-bond acceptors (Lipinski definition) is 3. The normalized spacial score (nSPS) is 13.2. The van der Waals surface area contributed by atoms with Crippen LogP contribution in [0.1, 0.15) is 30.6 Å². The summed E-state index contributed by atoms with van der Waals surface area (Å²) < 4.78 is 38.2. The van der Waals surface area contributed by atoms with Gasteiger partial charge in [-0.05, 0) is 30.5 Å². The molecule has 0 spiro atoms. The highest BCUT2D eigenvalue weighted by Gasteiger charge is 2.30. The van der Waals surface area contributed by atoms with E-state index < -0.39 is 36.3 Å². The van der Waals surface area contributed by atoms with Gasteiger partial charge in [0.05, 0.1) is 11.0 Å². The van der Waals surface area contributed by atoms with Crippen LogP contribution in [0.15, 0.2) is 23.0 Å². The average Bonchev–Trinajstić information content (AvgIpc) is 2.79. The zero-order valence-corrected chi connectivity index (χ0v) is 14.1. The summed E-state index contributed by atoms with van der Waals surface area (Å²) >= 11 is 0. The molecule has 1 aromatic carbocycles. The molecule has 2 rings (SSSR count). The lowest BCUT2D eigenvalue weighted by Gasteiger charge is -2.16. The van der Waals surface area contributed by atoms with Gasteiger partial charge in [0.2, 0.25) is 0 Å². The van der Waals surface area contributed by atoms with E-state index in [9.17, 15) is 27.6 Å². The first-order valence-corrected chi connectivity index (χ1v) is 7.81. The van der Waals surface area contributed by atoms with Gasteiger partial charge < -0.3 is 15.4 Å². The summed E-state index contributed by atoms with van der Waals surface area (Å²) in [4.78, 5) is 37.5. The summed E-state index contributed by atoms with van der Waals surface area (Å²) in [5, 5.41) is 11.5. The van der Waals surface area contributed by atoms with Gasteiger partial charge in [-0.1, -0.05) is 13.8 Å². The highest BCUT2D eigenvalue weighted by molar-refractivity contribution is 5.99. The molecule has 142 valence electrons. The monoisotopic (exact) mass is 373 g/mol. The molecule has 0 saturated heterocycles. The summed E-state index contributed by atoms with van der Waals surface area (Å²) in [6.45, 7) is 2.16. The Bertz CT molecular complexity index is 883. The number of carbonyl (C=O) groups excluding carboxylic acids is 1. The van der Waals surface area contributed by atoms with Crippen LogP contribution in [0.2, 0.25) is 0 Å². The van der Waals surface area contributed by atoms with Crippen molar-refractivity contribution < 1.29 is 27.9 Å². The number of nitrogens with zero attached hydrogens (tertiary/aromatic N) is 1. The summed E-state index contributed by atoms with van der Waals surface area (Å²) in [6, 6.07) is 2.58. The van der Waals surface area contributed by atoms with Gasteiger partial charge in [0.15, 0.2) is 0 Å². The second-order valence-corrected chi connectivity index (χ2v) is 6.36. The molecule has 0 fully saturated rings. The van der Waals surface area contributed by atoms with Crippen molar-refractivity contribution in [1.82, 2.24) is 14.9 Å². The molecule has 3 N–H and O–H groups in total. The number of aromatic amines is 1. The maximum atomic E-state index is 12.6. The van der Waals surface area contributed by atoms with Gasteiger partial charge in [0.25, 0.3) is 5.91 Å². The van der Waals surface area contributed by atoms with Crippen LogP contribution in [-0.2, 0) is 11.3 Å². The molecule has 1 amide bonds. The fraction of sp³-hybridized carbons (Fsp3) is 0.438. The van der Waals surface area contributed by atoms with Gasteiger partial charge in [-0.3, -0.25) is 9.36 Å². The van der Waals surface area contributed by atoms with E-state index in [2.05, 4.69) is 10.3 Å². The van der Waals surface area contributed by atoms with Gasteiger partial charge in [-0.25, -0.2) is 9.59 Å². The van der Waals surface area contributed by atoms with Gasteiger partial charge in [0, 0.05) is 5.56 Å². The second kappa shape index (κ2) is 7.22. The topological polar surface area (TPSA) is 104 Å². The smallest absolute Gasteiger partial charge is 0.406 e. The second-order valence-electron chi connectivity index (χ2n) is 6.36. The van der Waals surface area contributed by atoms with Crippen molar-refractivity contribution in [3.05, 3.63) is 34.2 Å². The Morgan fingerprint density at radius 2 is 1.96 bits per heavy atom. The van der Waals surface area contributed by atoms with E-state index in [0.717, 1.165) is 0 Å². The van der Waals surface area contributed by atoms with Gasteiger partial charge in [-0.2, -0.15) is 13.2 Å². The molecule has 1 atom stereocenters. The molecule has 26 heavy (non-hydrogen) atoms. The van der Waals surface area contributed by atoms with Crippen molar-refractivity contribution in [2.75, 3.05) is 0 Å². The summed E-state index contributed by atoms with van der Waals surface area (Å²) in [7, 11) is 0. The highest BCUT2D eigenvalue weighted by Crippen LogP contribution is 2.20. The molecular formula is C16H18F3N3O4. The van der Waals surface area contributed by atoms with Crippen molar-refractivity contribution in [1.29, 1.82) is 0 Å². The number of halogens is 3.